The van der Waals surface area contributed by atoms with Gasteiger partial charge in [-0.1, -0.05) is 19.1 Å². The molecule has 0 fully saturated rings. The molecule has 0 bridgehead atoms. The van der Waals surface area contributed by atoms with Gasteiger partial charge in [0.25, 0.3) is 0 Å². The average Bonchev–Trinajstić information content (AvgIpc) is 2.49. The van der Waals surface area contributed by atoms with E-state index in [1.807, 2.05) is 37.4 Å². The summed E-state index contributed by atoms with van der Waals surface area (Å²) < 4.78 is 11.7. The molecule has 1 aromatic carbocycles. The molecule has 0 saturated carbocycles. The maximum absolute atomic E-state index is 5.99. The van der Waals surface area contributed by atoms with E-state index >= 15 is 0 Å². The van der Waals surface area contributed by atoms with Crippen molar-refractivity contribution in [3.63, 3.8) is 0 Å². The van der Waals surface area contributed by atoms with Gasteiger partial charge in [0.2, 0.25) is 0 Å². The Bertz CT molecular complexity index is 544. The van der Waals surface area contributed by atoms with Gasteiger partial charge < -0.3 is 14.8 Å². The maximum atomic E-state index is 5.99. The fraction of sp³-hybridized carbons (Fsp3) is 0.312. The number of hydrogen-bond donors (Lipinski definition) is 1. The zero-order valence-electron chi connectivity index (χ0n) is 11.9. The van der Waals surface area contributed by atoms with Crippen LogP contribution in [0.15, 0.2) is 42.7 Å². The summed E-state index contributed by atoms with van der Waals surface area (Å²) in [6.07, 6.45) is 4.50. The highest BCUT2D eigenvalue weighted by molar-refractivity contribution is 5.44. The van der Waals surface area contributed by atoms with E-state index in [-0.39, 0.29) is 0 Å². The standard InChI is InChI=1S/C16H20N2O2/c1-3-10-19-15-6-4-5-7-16(15)20-14-8-9-18-12-13(14)11-17-2/h4-9,12,17H,3,10-11H2,1-2H3. The lowest BCUT2D eigenvalue weighted by atomic mass is 10.2. The Morgan fingerprint density at radius 1 is 1.10 bits per heavy atom. The number of ether oxygens (including phenoxy) is 2. The van der Waals surface area contributed by atoms with Gasteiger partial charge in [0.15, 0.2) is 11.5 Å². The highest BCUT2D eigenvalue weighted by Gasteiger charge is 2.08. The van der Waals surface area contributed by atoms with Gasteiger partial charge in [-0.15, -0.1) is 0 Å². The molecule has 2 aromatic rings. The Morgan fingerprint density at radius 3 is 2.65 bits per heavy atom. The van der Waals surface area contributed by atoms with E-state index in [0.29, 0.717) is 13.2 Å². The van der Waals surface area contributed by atoms with Crippen molar-refractivity contribution < 1.29 is 9.47 Å². The van der Waals surface area contributed by atoms with Gasteiger partial charge in [0, 0.05) is 24.5 Å². The second kappa shape index (κ2) is 7.50. The highest BCUT2D eigenvalue weighted by Crippen LogP contribution is 2.32. The minimum absolute atomic E-state index is 0.681. The molecule has 0 radical (unpaired) electrons. The summed E-state index contributed by atoms with van der Waals surface area (Å²) in [7, 11) is 1.90. The minimum atomic E-state index is 0.681. The summed E-state index contributed by atoms with van der Waals surface area (Å²) in [5.74, 6) is 2.29. The first-order valence-electron chi connectivity index (χ1n) is 6.82. The third kappa shape index (κ3) is 3.71. The maximum Gasteiger partial charge on any atom is 0.169 e. The van der Waals surface area contributed by atoms with Crippen LogP contribution in [0.3, 0.4) is 0 Å². The molecule has 1 aromatic heterocycles. The van der Waals surface area contributed by atoms with Gasteiger partial charge in [-0.3, -0.25) is 4.98 Å². The number of rotatable bonds is 7. The third-order valence-electron chi connectivity index (χ3n) is 2.76. The largest absolute Gasteiger partial charge is 0.490 e. The Hall–Kier alpha value is -2.07. The molecule has 0 aliphatic carbocycles. The van der Waals surface area contributed by atoms with Gasteiger partial charge >= 0.3 is 0 Å². The Labute approximate surface area is 119 Å². The molecular formula is C16H20N2O2. The van der Waals surface area contributed by atoms with Crippen LogP contribution >= 0.6 is 0 Å². The summed E-state index contributed by atoms with van der Waals surface area (Å²) in [6.45, 7) is 3.47. The van der Waals surface area contributed by atoms with E-state index in [4.69, 9.17) is 9.47 Å². The van der Waals surface area contributed by atoms with Crippen molar-refractivity contribution in [3.8, 4) is 17.2 Å². The number of nitrogens with zero attached hydrogens (tertiary/aromatic N) is 1. The summed E-state index contributed by atoms with van der Waals surface area (Å²) in [5.41, 5.74) is 1.01. The van der Waals surface area contributed by atoms with Crippen LogP contribution < -0.4 is 14.8 Å². The van der Waals surface area contributed by atoms with E-state index in [1.165, 1.54) is 0 Å². The summed E-state index contributed by atoms with van der Waals surface area (Å²) >= 11 is 0. The van der Waals surface area contributed by atoms with Crippen molar-refractivity contribution in [1.82, 2.24) is 10.3 Å². The molecule has 106 valence electrons. The van der Waals surface area contributed by atoms with Crippen molar-refractivity contribution in [2.24, 2.45) is 0 Å². The van der Waals surface area contributed by atoms with E-state index in [1.54, 1.807) is 12.4 Å². The van der Waals surface area contributed by atoms with Crippen LogP contribution in [0.5, 0.6) is 17.2 Å². The van der Waals surface area contributed by atoms with Crippen LogP contribution in [0.25, 0.3) is 0 Å². The zero-order valence-corrected chi connectivity index (χ0v) is 11.9. The van der Waals surface area contributed by atoms with Crippen LogP contribution in [0, 0.1) is 0 Å². The van der Waals surface area contributed by atoms with E-state index < -0.39 is 0 Å². The van der Waals surface area contributed by atoms with Gasteiger partial charge in [-0.2, -0.15) is 0 Å². The average molecular weight is 272 g/mol. The predicted molar refractivity (Wildman–Crippen MR) is 79.3 cm³/mol. The second-order valence-corrected chi connectivity index (χ2v) is 4.41. The molecule has 1 heterocycles. The molecule has 1 N–H and O–H groups in total. The van der Waals surface area contributed by atoms with Crippen LogP contribution in [-0.2, 0) is 6.54 Å². The van der Waals surface area contributed by atoms with E-state index in [9.17, 15) is 0 Å². The number of benzene rings is 1. The monoisotopic (exact) mass is 272 g/mol. The number of nitrogens with one attached hydrogen (secondary N) is 1. The Kier molecular flexibility index (Phi) is 5.38. The first-order chi connectivity index (χ1) is 9.85. The molecule has 0 saturated heterocycles. The van der Waals surface area contributed by atoms with Gasteiger partial charge in [-0.25, -0.2) is 0 Å². The van der Waals surface area contributed by atoms with Gasteiger partial charge in [-0.05, 0) is 31.7 Å². The third-order valence-corrected chi connectivity index (χ3v) is 2.76. The Balaban J connectivity index is 2.21. The van der Waals surface area contributed by atoms with Crippen LogP contribution in [0.4, 0.5) is 0 Å². The molecular weight excluding hydrogens is 252 g/mol. The lowest BCUT2D eigenvalue weighted by Crippen LogP contribution is -2.07. The highest BCUT2D eigenvalue weighted by atomic mass is 16.5. The molecule has 0 spiro atoms. The second-order valence-electron chi connectivity index (χ2n) is 4.41. The first-order valence-corrected chi connectivity index (χ1v) is 6.82. The quantitative estimate of drug-likeness (QED) is 0.839. The molecule has 20 heavy (non-hydrogen) atoms. The molecule has 4 nitrogen and oxygen atoms in total. The predicted octanol–water partition coefficient (Wildman–Crippen LogP) is 3.38. The molecule has 2 rings (SSSR count). The van der Waals surface area contributed by atoms with E-state index in [2.05, 4.69) is 17.2 Å². The van der Waals surface area contributed by atoms with Crippen molar-refractivity contribution in [1.29, 1.82) is 0 Å². The molecule has 0 amide bonds. The SMILES string of the molecule is CCCOc1ccccc1Oc1ccncc1CNC. The normalized spacial score (nSPS) is 10.3. The molecule has 0 unspecified atom stereocenters. The van der Waals surface area contributed by atoms with Crippen molar-refractivity contribution in [3.05, 3.63) is 48.3 Å². The molecule has 0 aliphatic heterocycles. The van der Waals surface area contributed by atoms with Crippen molar-refractivity contribution >= 4 is 0 Å². The fourth-order valence-corrected chi connectivity index (χ4v) is 1.82. The minimum Gasteiger partial charge on any atom is -0.490 e. The number of pyridine rings is 1. The van der Waals surface area contributed by atoms with Crippen LogP contribution in [0.1, 0.15) is 18.9 Å². The number of para-hydroxylation sites is 2. The summed E-state index contributed by atoms with van der Waals surface area (Å²) in [4.78, 5) is 4.13. The van der Waals surface area contributed by atoms with E-state index in [0.717, 1.165) is 29.2 Å². The first kappa shape index (κ1) is 14.3. The zero-order chi connectivity index (χ0) is 14.2. The lowest BCUT2D eigenvalue weighted by Gasteiger charge is -2.14. The van der Waals surface area contributed by atoms with Crippen LogP contribution in [0.2, 0.25) is 0 Å². The van der Waals surface area contributed by atoms with Crippen LogP contribution in [-0.4, -0.2) is 18.6 Å². The van der Waals surface area contributed by atoms with Crippen molar-refractivity contribution in [2.75, 3.05) is 13.7 Å². The molecule has 0 atom stereocenters. The number of aromatic nitrogens is 1. The lowest BCUT2D eigenvalue weighted by molar-refractivity contribution is 0.301. The summed E-state index contributed by atoms with van der Waals surface area (Å²) in [5, 5.41) is 3.11. The Morgan fingerprint density at radius 2 is 1.90 bits per heavy atom. The smallest absolute Gasteiger partial charge is 0.169 e. The topological polar surface area (TPSA) is 43.4 Å². The molecule has 4 heteroatoms. The fourth-order valence-electron chi connectivity index (χ4n) is 1.82. The molecule has 0 aliphatic rings. The van der Waals surface area contributed by atoms with Gasteiger partial charge in [0.05, 0.1) is 6.61 Å². The van der Waals surface area contributed by atoms with Crippen molar-refractivity contribution in [2.45, 2.75) is 19.9 Å². The summed E-state index contributed by atoms with van der Waals surface area (Å²) in [6, 6.07) is 9.58. The number of hydrogen-bond acceptors (Lipinski definition) is 4. The van der Waals surface area contributed by atoms with Gasteiger partial charge in [0.1, 0.15) is 5.75 Å².